The summed E-state index contributed by atoms with van der Waals surface area (Å²) < 4.78 is 10.3. The minimum atomic E-state index is -0.417. The molecule has 2 rings (SSSR count). The van der Waals surface area contributed by atoms with E-state index in [4.69, 9.17) is 9.47 Å². The zero-order valence-electron chi connectivity index (χ0n) is 12.0. The van der Waals surface area contributed by atoms with Crippen LogP contribution in [0.3, 0.4) is 0 Å². The smallest absolute Gasteiger partial charge is 0.342 e. The van der Waals surface area contributed by atoms with Crippen LogP contribution in [0.25, 0.3) is 11.4 Å². The van der Waals surface area contributed by atoms with E-state index in [2.05, 4.69) is 21.8 Å². The number of carbonyl (C=O) groups excluding carboxylic acids is 1. The second-order valence-electron chi connectivity index (χ2n) is 4.28. The lowest BCUT2D eigenvalue weighted by atomic mass is 10.1. The van der Waals surface area contributed by atoms with Gasteiger partial charge in [0, 0.05) is 17.5 Å². The maximum atomic E-state index is 12.1. The minimum absolute atomic E-state index is 0.303. The highest BCUT2D eigenvalue weighted by Gasteiger charge is 2.23. The van der Waals surface area contributed by atoms with Crippen LogP contribution in [-0.4, -0.2) is 27.8 Å². The van der Waals surface area contributed by atoms with Crippen LogP contribution in [0.4, 0.5) is 0 Å². The second kappa shape index (κ2) is 6.69. The van der Waals surface area contributed by atoms with Crippen molar-refractivity contribution in [3.63, 3.8) is 0 Å². The average molecular weight is 287 g/mol. The largest absolute Gasteiger partial charge is 0.497 e. The van der Waals surface area contributed by atoms with Gasteiger partial charge in [0.25, 0.3) is 0 Å². The van der Waals surface area contributed by atoms with Gasteiger partial charge < -0.3 is 9.47 Å². The molecule has 0 saturated heterocycles. The quantitative estimate of drug-likeness (QED) is 0.652. The van der Waals surface area contributed by atoms with Crippen molar-refractivity contribution in [2.45, 2.75) is 20.5 Å². The highest BCUT2D eigenvalue weighted by molar-refractivity contribution is 5.97. The Labute approximate surface area is 122 Å². The molecule has 0 unspecified atom stereocenters. The van der Waals surface area contributed by atoms with E-state index in [0.29, 0.717) is 35.9 Å². The Kier molecular flexibility index (Phi) is 4.71. The van der Waals surface area contributed by atoms with E-state index < -0.39 is 5.97 Å². The summed E-state index contributed by atoms with van der Waals surface area (Å²) in [6.45, 7) is 7.65. The summed E-state index contributed by atoms with van der Waals surface area (Å²) in [4.78, 5) is 16.4. The monoisotopic (exact) mass is 287 g/mol. The topological polar surface area (TPSA) is 77.1 Å². The van der Waals surface area contributed by atoms with E-state index in [1.54, 1.807) is 26.1 Å². The second-order valence-corrected chi connectivity index (χ2v) is 4.28. The zero-order valence-corrected chi connectivity index (χ0v) is 12.0. The van der Waals surface area contributed by atoms with Crippen LogP contribution in [0.5, 0.6) is 0 Å². The molecular formula is C15H17N3O3. The maximum Gasteiger partial charge on any atom is 0.342 e. The number of carbonyl (C=O) groups is 1. The molecule has 0 aromatic carbocycles. The molecule has 0 spiro atoms. The van der Waals surface area contributed by atoms with Gasteiger partial charge in [0.05, 0.1) is 18.6 Å². The summed E-state index contributed by atoms with van der Waals surface area (Å²) in [5, 5.41) is 6.99. The van der Waals surface area contributed by atoms with Gasteiger partial charge in [-0.15, -0.1) is 0 Å². The first-order valence-electron chi connectivity index (χ1n) is 6.57. The van der Waals surface area contributed by atoms with Crippen molar-refractivity contribution in [2.75, 3.05) is 6.61 Å². The number of H-pyrrole nitrogens is 1. The third-order valence-electron chi connectivity index (χ3n) is 2.90. The molecule has 0 saturated carbocycles. The summed E-state index contributed by atoms with van der Waals surface area (Å²) >= 11 is 0. The molecule has 2 heterocycles. The average Bonchev–Trinajstić information content (AvgIpc) is 2.87. The Morgan fingerprint density at radius 3 is 3.00 bits per heavy atom. The summed E-state index contributed by atoms with van der Waals surface area (Å²) in [6, 6.07) is 3.67. The lowest BCUT2D eigenvalue weighted by Gasteiger charge is -2.08. The highest BCUT2D eigenvalue weighted by Crippen LogP contribution is 2.26. The van der Waals surface area contributed by atoms with Gasteiger partial charge in [-0.25, -0.2) is 4.79 Å². The lowest BCUT2D eigenvalue weighted by Crippen LogP contribution is -2.08. The lowest BCUT2D eigenvalue weighted by molar-refractivity contribution is 0.0526. The number of hydrogen-bond donors (Lipinski definition) is 1. The van der Waals surface area contributed by atoms with Crippen LogP contribution in [0, 0.1) is 6.92 Å². The zero-order chi connectivity index (χ0) is 15.2. The molecule has 1 N–H and O–H groups in total. The SMILES string of the molecule is C=COCc1cccnc1-c1n[nH]c(C)c1C(=O)OCC. The summed E-state index contributed by atoms with van der Waals surface area (Å²) in [6.07, 6.45) is 3.00. The van der Waals surface area contributed by atoms with Crippen molar-refractivity contribution in [3.8, 4) is 11.4 Å². The number of aromatic amines is 1. The molecule has 21 heavy (non-hydrogen) atoms. The first-order chi connectivity index (χ1) is 10.2. The summed E-state index contributed by atoms with van der Waals surface area (Å²) in [5.74, 6) is -0.417. The fraction of sp³-hybridized carbons (Fsp3) is 0.267. The van der Waals surface area contributed by atoms with Gasteiger partial charge in [-0.05, 0) is 19.9 Å². The number of esters is 1. The molecule has 2 aromatic rings. The van der Waals surface area contributed by atoms with E-state index in [-0.39, 0.29) is 0 Å². The Morgan fingerprint density at radius 2 is 2.29 bits per heavy atom. The van der Waals surface area contributed by atoms with Gasteiger partial charge in [0.2, 0.25) is 0 Å². The molecule has 0 fully saturated rings. The van der Waals surface area contributed by atoms with Gasteiger partial charge in [-0.1, -0.05) is 12.6 Å². The van der Waals surface area contributed by atoms with Gasteiger partial charge in [-0.3, -0.25) is 10.1 Å². The van der Waals surface area contributed by atoms with E-state index >= 15 is 0 Å². The fourth-order valence-electron chi connectivity index (χ4n) is 1.97. The molecule has 0 atom stereocenters. The van der Waals surface area contributed by atoms with E-state index in [0.717, 1.165) is 5.56 Å². The maximum absolute atomic E-state index is 12.1. The Hall–Kier alpha value is -2.63. The van der Waals surface area contributed by atoms with Crippen LogP contribution < -0.4 is 0 Å². The molecule has 0 aliphatic carbocycles. The van der Waals surface area contributed by atoms with Crippen LogP contribution in [0.2, 0.25) is 0 Å². The Bertz CT molecular complexity index is 649. The van der Waals surface area contributed by atoms with Crippen molar-refractivity contribution in [3.05, 3.63) is 48.0 Å². The fourth-order valence-corrected chi connectivity index (χ4v) is 1.97. The number of hydrogen-bond acceptors (Lipinski definition) is 5. The van der Waals surface area contributed by atoms with Gasteiger partial charge >= 0.3 is 5.97 Å². The first kappa shape index (κ1) is 14.8. The Morgan fingerprint density at radius 1 is 1.48 bits per heavy atom. The normalized spacial score (nSPS) is 10.2. The van der Waals surface area contributed by atoms with Gasteiger partial charge in [0.15, 0.2) is 0 Å². The molecule has 110 valence electrons. The van der Waals surface area contributed by atoms with E-state index in [1.807, 2.05) is 6.07 Å². The van der Waals surface area contributed by atoms with Crippen LogP contribution >= 0.6 is 0 Å². The summed E-state index contributed by atoms with van der Waals surface area (Å²) in [7, 11) is 0. The predicted molar refractivity (Wildman–Crippen MR) is 77.5 cm³/mol. The van der Waals surface area contributed by atoms with Crippen LogP contribution in [0.1, 0.15) is 28.5 Å². The van der Waals surface area contributed by atoms with Gasteiger partial charge in [0.1, 0.15) is 17.9 Å². The predicted octanol–water partition coefficient (Wildman–Crippen LogP) is 2.62. The van der Waals surface area contributed by atoms with Crippen molar-refractivity contribution < 1.29 is 14.3 Å². The Balaban J connectivity index is 2.47. The van der Waals surface area contributed by atoms with E-state index in [1.165, 1.54) is 6.26 Å². The number of pyridine rings is 1. The molecule has 6 nitrogen and oxygen atoms in total. The van der Waals surface area contributed by atoms with Crippen molar-refractivity contribution >= 4 is 5.97 Å². The standard InChI is InChI=1S/C15H17N3O3/c1-4-20-9-11-7-6-8-16-13(11)14-12(10(3)17-18-14)15(19)21-5-2/h4,6-8H,1,5,9H2,2-3H3,(H,17,18). The van der Waals surface area contributed by atoms with Crippen molar-refractivity contribution in [1.82, 2.24) is 15.2 Å². The molecule has 0 aliphatic rings. The highest BCUT2D eigenvalue weighted by atomic mass is 16.5. The molecule has 6 heteroatoms. The molecule has 0 bridgehead atoms. The van der Waals surface area contributed by atoms with Crippen molar-refractivity contribution in [1.29, 1.82) is 0 Å². The number of aromatic nitrogens is 3. The number of nitrogens with one attached hydrogen (secondary N) is 1. The first-order valence-corrected chi connectivity index (χ1v) is 6.57. The van der Waals surface area contributed by atoms with Crippen LogP contribution in [-0.2, 0) is 16.1 Å². The number of nitrogens with zero attached hydrogens (tertiary/aromatic N) is 2. The molecular weight excluding hydrogens is 270 g/mol. The molecule has 0 radical (unpaired) electrons. The molecule has 2 aromatic heterocycles. The number of aryl methyl sites for hydroxylation is 1. The number of rotatable bonds is 6. The molecule has 0 amide bonds. The van der Waals surface area contributed by atoms with E-state index in [9.17, 15) is 4.79 Å². The van der Waals surface area contributed by atoms with Crippen molar-refractivity contribution in [2.24, 2.45) is 0 Å². The third-order valence-corrected chi connectivity index (χ3v) is 2.90. The third kappa shape index (κ3) is 3.10. The van der Waals surface area contributed by atoms with Crippen LogP contribution in [0.15, 0.2) is 31.2 Å². The molecule has 0 aliphatic heterocycles. The minimum Gasteiger partial charge on any atom is -0.497 e. The summed E-state index contributed by atoms with van der Waals surface area (Å²) in [5.41, 5.74) is 2.91. The van der Waals surface area contributed by atoms with Gasteiger partial charge in [-0.2, -0.15) is 5.10 Å². The number of ether oxygens (including phenoxy) is 2.